The first-order valence-corrected chi connectivity index (χ1v) is 10.8. The largest absolute Gasteiger partial charge is 0.379 e. The maximum atomic E-state index is 10.8. The van der Waals surface area contributed by atoms with Crippen LogP contribution in [0.3, 0.4) is 0 Å². The van der Waals surface area contributed by atoms with Crippen molar-refractivity contribution in [3.63, 3.8) is 0 Å². The number of hydrogen-bond donors (Lipinski definition) is 2. The van der Waals surface area contributed by atoms with Crippen LogP contribution in [0.15, 0.2) is 65.7 Å². The third kappa shape index (κ3) is 7.47. The molecule has 1 saturated heterocycles. The summed E-state index contributed by atoms with van der Waals surface area (Å²) in [6.07, 6.45) is 0. The number of hydrogen-bond acceptors (Lipinski definition) is 5. The van der Waals surface area contributed by atoms with E-state index in [-0.39, 0.29) is 5.69 Å². The van der Waals surface area contributed by atoms with Crippen molar-refractivity contribution >= 4 is 11.6 Å². The Balaban J connectivity index is 1.65. The molecule has 2 aromatic carbocycles. The smallest absolute Gasteiger partial charge is 0.269 e. The van der Waals surface area contributed by atoms with E-state index in [9.17, 15) is 10.1 Å². The van der Waals surface area contributed by atoms with Gasteiger partial charge in [-0.05, 0) is 23.6 Å². The number of guanidine groups is 1. The van der Waals surface area contributed by atoms with Gasteiger partial charge < -0.3 is 15.4 Å². The van der Waals surface area contributed by atoms with Crippen LogP contribution in [0.4, 0.5) is 5.69 Å². The van der Waals surface area contributed by atoms with Gasteiger partial charge >= 0.3 is 0 Å². The molecule has 1 aliphatic heterocycles. The maximum absolute atomic E-state index is 10.8. The Kier molecular flexibility index (Phi) is 8.77. The minimum Gasteiger partial charge on any atom is -0.379 e. The Bertz CT molecular complexity index is 937. The molecule has 8 nitrogen and oxygen atoms in total. The van der Waals surface area contributed by atoms with E-state index in [2.05, 4.69) is 51.4 Å². The van der Waals surface area contributed by atoms with Gasteiger partial charge in [0.05, 0.1) is 24.7 Å². The zero-order chi connectivity index (χ0) is 22.8. The molecule has 0 saturated carbocycles. The van der Waals surface area contributed by atoms with Crippen LogP contribution in [-0.2, 0) is 24.4 Å². The maximum Gasteiger partial charge on any atom is 0.269 e. The van der Waals surface area contributed by atoms with Crippen LogP contribution in [0.5, 0.6) is 0 Å². The second-order valence-electron chi connectivity index (χ2n) is 7.91. The molecule has 2 aromatic rings. The lowest BCUT2D eigenvalue weighted by Gasteiger charge is -2.27. The Morgan fingerprint density at radius 2 is 1.81 bits per heavy atom. The number of morpholine rings is 1. The van der Waals surface area contributed by atoms with Gasteiger partial charge in [-0.25, -0.2) is 4.99 Å². The van der Waals surface area contributed by atoms with Crippen molar-refractivity contribution < 1.29 is 9.66 Å². The molecule has 0 bridgehead atoms. The quantitative estimate of drug-likeness (QED) is 0.206. The van der Waals surface area contributed by atoms with Gasteiger partial charge in [0, 0.05) is 44.9 Å². The van der Waals surface area contributed by atoms with E-state index in [0.717, 1.165) is 44.0 Å². The fourth-order valence-corrected chi connectivity index (χ4v) is 3.37. The van der Waals surface area contributed by atoms with E-state index in [4.69, 9.17) is 4.74 Å². The molecule has 2 N–H and O–H groups in total. The second kappa shape index (κ2) is 12.0. The number of nitro groups is 1. The van der Waals surface area contributed by atoms with Crippen LogP contribution in [0.1, 0.15) is 23.6 Å². The van der Waals surface area contributed by atoms with E-state index in [1.165, 1.54) is 23.3 Å². The highest BCUT2D eigenvalue weighted by molar-refractivity contribution is 5.80. The Hall–Kier alpha value is -3.23. The molecule has 1 fully saturated rings. The summed E-state index contributed by atoms with van der Waals surface area (Å²) in [7, 11) is 0. The molecular formula is C24H31N5O3. The van der Waals surface area contributed by atoms with E-state index in [1.54, 1.807) is 12.1 Å². The third-order valence-electron chi connectivity index (χ3n) is 5.19. The summed E-state index contributed by atoms with van der Waals surface area (Å²) in [5, 5.41) is 17.6. The zero-order valence-electron chi connectivity index (χ0n) is 18.5. The van der Waals surface area contributed by atoms with Crippen molar-refractivity contribution in [2.45, 2.75) is 26.6 Å². The van der Waals surface area contributed by atoms with Crippen LogP contribution in [0, 0.1) is 10.1 Å². The normalized spacial score (nSPS) is 14.7. The molecule has 3 rings (SSSR count). The number of nitrogens with one attached hydrogen (secondary N) is 2. The zero-order valence-corrected chi connectivity index (χ0v) is 18.5. The van der Waals surface area contributed by atoms with Crippen molar-refractivity contribution in [3.05, 3.63) is 87.5 Å². The van der Waals surface area contributed by atoms with Crippen molar-refractivity contribution in [1.82, 2.24) is 15.5 Å². The molecule has 32 heavy (non-hydrogen) atoms. The summed E-state index contributed by atoms with van der Waals surface area (Å²) in [5.74, 6) is 0.674. The summed E-state index contributed by atoms with van der Waals surface area (Å²) in [4.78, 5) is 17.5. The number of nitrogens with zero attached hydrogens (tertiary/aromatic N) is 3. The fraction of sp³-hybridized carbons (Fsp3) is 0.375. The summed E-state index contributed by atoms with van der Waals surface area (Å²) in [5.41, 5.74) is 4.49. The van der Waals surface area contributed by atoms with Gasteiger partial charge in [0.25, 0.3) is 5.69 Å². The first kappa shape index (κ1) is 23.4. The molecular weight excluding hydrogens is 406 g/mol. The molecule has 0 aromatic heterocycles. The first-order chi connectivity index (χ1) is 15.5. The molecule has 1 aliphatic rings. The summed E-state index contributed by atoms with van der Waals surface area (Å²) in [6, 6.07) is 14.9. The van der Waals surface area contributed by atoms with E-state index >= 15 is 0 Å². The van der Waals surface area contributed by atoms with Gasteiger partial charge in [-0.2, -0.15) is 0 Å². The highest BCUT2D eigenvalue weighted by Crippen LogP contribution is 2.14. The van der Waals surface area contributed by atoms with Gasteiger partial charge in [-0.15, -0.1) is 0 Å². The van der Waals surface area contributed by atoms with Gasteiger partial charge in [-0.3, -0.25) is 15.0 Å². The number of rotatable bonds is 9. The number of benzene rings is 2. The lowest BCUT2D eigenvalue weighted by Crippen LogP contribution is -2.38. The van der Waals surface area contributed by atoms with Gasteiger partial charge in [0.1, 0.15) is 0 Å². The number of nitro benzene ring substituents is 1. The molecule has 0 unspecified atom stereocenters. The molecule has 0 radical (unpaired) electrons. The average molecular weight is 438 g/mol. The Morgan fingerprint density at radius 1 is 1.12 bits per heavy atom. The average Bonchev–Trinajstić information content (AvgIpc) is 2.80. The standard InChI is InChI=1S/C24H31N5O3/c1-19(2)15-25-24(26-16-20-7-9-23(10-8-20)29(30)31)27-17-21-5-3-4-6-22(21)18-28-11-13-32-14-12-28/h3-10H,1,11-18H2,2H3,(H2,25,26,27). The predicted molar refractivity (Wildman–Crippen MR) is 126 cm³/mol. The van der Waals surface area contributed by atoms with Crippen LogP contribution in [0.25, 0.3) is 0 Å². The predicted octanol–water partition coefficient (Wildman–Crippen LogP) is 3.24. The summed E-state index contributed by atoms with van der Waals surface area (Å²) < 4.78 is 5.46. The summed E-state index contributed by atoms with van der Waals surface area (Å²) in [6.45, 7) is 11.9. The fourth-order valence-electron chi connectivity index (χ4n) is 3.37. The molecule has 0 atom stereocenters. The Morgan fingerprint density at radius 3 is 2.47 bits per heavy atom. The van der Waals surface area contributed by atoms with E-state index in [1.807, 2.05) is 6.92 Å². The van der Waals surface area contributed by atoms with Gasteiger partial charge in [-0.1, -0.05) is 48.6 Å². The highest BCUT2D eigenvalue weighted by atomic mass is 16.6. The van der Waals surface area contributed by atoms with Crippen molar-refractivity contribution in [2.75, 3.05) is 32.8 Å². The van der Waals surface area contributed by atoms with Crippen molar-refractivity contribution in [1.29, 1.82) is 0 Å². The van der Waals surface area contributed by atoms with Crippen LogP contribution in [0.2, 0.25) is 0 Å². The SMILES string of the molecule is C=C(C)CNC(=NCc1ccc([N+](=O)[O-])cc1)NCc1ccccc1CN1CCOCC1. The third-order valence-corrected chi connectivity index (χ3v) is 5.19. The monoisotopic (exact) mass is 437 g/mol. The Labute approximate surface area is 189 Å². The molecule has 0 spiro atoms. The molecule has 170 valence electrons. The lowest BCUT2D eigenvalue weighted by atomic mass is 10.1. The van der Waals surface area contributed by atoms with E-state index < -0.39 is 4.92 Å². The molecule has 1 heterocycles. The number of ether oxygens (including phenoxy) is 1. The first-order valence-electron chi connectivity index (χ1n) is 10.8. The van der Waals surface area contributed by atoms with Crippen LogP contribution >= 0.6 is 0 Å². The topological polar surface area (TPSA) is 92.0 Å². The van der Waals surface area contributed by atoms with Gasteiger partial charge in [0.15, 0.2) is 5.96 Å². The number of non-ortho nitro benzene ring substituents is 1. The van der Waals surface area contributed by atoms with Gasteiger partial charge in [0.2, 0.25) is 0 Å². The number of aliphatic imine (C=N–C) groups is 1. The van der Waals surface area contributed by atoms with Crippen LogP contribution < -0.4 is 10.6 Å². The second-order valence-corrected chi connectivity index (χ2v) is 7.91. The lowest BCUT2D eigenvalue weighted by molar-refractivity contribution is -0.384. The highest BCUT2D eigenvalue weighted by Gasteiger charge is 2.13. The van der Waals surface area contributed by atoms with E-state index in [0.29, 0.717) is 25.6 Å². The minimum absolute atomic E-state index is 0.0772. The summed E-state index contributed by atoms with van der Waals surface area (Å²) >= 11 is 0. The molecule has 0 aliphatic carbocycles. The van der Waals surface area contributed by atoms with Crippen LogP contribution in [-0.4, -0.2) is 48.6 Å². The molecule has 0 amide bonds. The molecule has 8 heteroatoms. The minimum atomic E-state index is -0.400. The van der Waals surface area contributed by atoms with Crippen molar-refractivity contribution in [2.24, 2.45) is 4.99 Å². The van der Waals surface area contributed by atoms with Crippen molar-refractivity contribution in [3.8, 4) is 0 Å².